The molecule has 5 nitrogen and oxygen atoms in total. The number of likely N-dealkylation sites (tertiary alicyclic amines) is 1. The van der Waals surface area contributed by atoms with Gasteiger partial charge in [0.05, 0.1) is 12.1 Å². The van der Waals surface area contributed by atoms with Gasteiger partial charge in [0, 0.05) is 25.6 Å². The Hall–Kier alpha value is -1.85. The Balaban J connectivity index is 1.62. The molecule has 0 aliphatic carbocycles. The highest BCUT2D eigenvalue weighted by Crippen LogP contribution is 2.32. The zero-order chi connectivity index (χ0) is 15.1. The zero-order valence-corrected chi connectivity index (χ0v) is 12.5. The van der Waals surface area contributed by atoms with Crippen LogP contribution in [0.25, 0.3) is 11.0 Å². The Morgan fingerprint density at radius 3 is 3.00 bits per heavy atom. The van der Waals surface area contributed by atoms with E-state index in [-0.39, 0.29) is 24.2 Å². The van der Waals surface area contributed by atoms with Crippen molar-refractivity contribution in [1.82, 2.24) is 4.90 Å². The van der Waals surface area contributed by atoms with Gasteiger partial charge in [-0.2, -0.15) is 0 Å². The molecule has 2 aliphatic heterocycles. The summed E-state index contributed by atoms with van der Waals surface area (Å²) in [5.74, 6) is 0.356. The van der Waals surface area contributed by atoms with Gasteiger partial charge in [-0.3, -0.25) is 4.79 Å². The van der Waals surface area contributed by atoms with Gasteiger partial charge in [-0.25, -0.2) is 0 Å². The summed E-state index contributed by atoms with van der Waals surface area (Å²) < 4.78 is 17.0. The summed E-state index contributed by atoms with van der Waals surface area (Å²) in [6.07, 6.45) is 1.71. The SMILES string of the molecule is CO[C@H]1CCN(C(=O)c2cc3ccccc3o2)[C@H]2CCO[C@H]12. The number of furan rings is 1. The molecular formula is C17H19NO4. The van der Waals surface area contributed by atoms with Crippen molar-refractivity contribution in [3.8, 4) is 0 Å². The van der Waals surface area contributed by atoms with Crippen molar-refractivity contribution in [1.29, 1.82) is 0 Å². The van der Waals surface area contributed by atoms with E-state index in [0.717, 1.165) is 23.8 Å². The average molecular weight is 301 g/mol. The summed E-state index contributed by atoms with van der Waals surface area (Å²) in [6.45, 7) is 1.36. The van der Waals surface area contributed by atoms with Gasteiger partial charge in [-0.1, -0.05) is 18.2 Å². The van der Waals surface area contributed by atoms with Crippen LogP contribution in [0.1, 0.15) is 23.4 Å². The van der Waals surface area contributed by atoms with E-state index < -0.39 is 0 Å². The van der Waals surface area contributed by atoms with Crippen LogP contribution < -0.4 is 0 Å². The molecule has 2 aliphatic rings. The molecule has 1 amide bonds. The Morgan fingerprint density at radius 1 is 1.32 bits per heavy atom. The standard InChI is InChI=1S/C17H19NO4/c1-20-14-6-8-18(12-7-9-21-16(12)14)17(19)15-10-11-4-2-3-5-13(11)22-15/h2-5,10,12,14,16H,6-9H2,1H3/t12-,14-,16-/m0/s1. The molecule has 2 saturated heterocycles. The number of methoxy groups -OCH3 is 1. The third kappa shape index (κ3) is 2.12. The number of hydrogen-bond acceptors (Lipinski definition) is 4. The Kier molecular flexibility index (Phi) is 3.39. The smallest absolute Gasteiger partial charge is 0.289 e. The van der Waals surface area contributed by atoms with Crippen LogP contribution in [0.5, 0.6) is 0 Å². The molecule has 1 aromatic heterocycles. The number of carbonyl (C=O) groups excluding carboxylic acids is 1. The highest BCUT2D eigenvalue weighted by atomic mass is 16.5. The van der Waals surface area contributed by atoms with Gasteiger partial charge in [0.25, 0.3) is 5.91 Å². The van der Waals surface area contributed by atoms with Crippen LogP contribution in [-0.2, 0) is 9.47 Å². The van der Waals surface area contributed by atoms with E-state index in [4.69, 9.17) is 13.9 Å². The number of benzene rings is 1. The minimum atomic E-state index is -0.0498. The number of nitrogens with zero attached hydrogens (tertiary/aromatic N) is 1. The van der Waals surface area contributed by atoms with Crippen LogP contribution in [0, 0.1) is 0 Å². The Bertz CT molecular complexity index is 662. The van der Waals surface area contributed by atoms with E-state index in [1.807, 2.05) is 35.2 Å². The lowest BCUT2D eigenvalue weighted by atomic mass is 9.95. The summed E-state index contributed by atoms with van der Waals surface area (Å²) >= 11 is 0. The van der Waals surface area contributed by atoms with Gasteiger partial charge in [-0.15, -0.1) is 0 Å². The van der Waals surface area contributed by atoms with Gasteiger partial charge in [0.2, 0.25) is 0 Å². The minimum Gasteiger partial charge on any atom is -0.451 e. The van der Waals surface area contributed by atoms with Gasteiger partial charge in [0.15, 0.2) is 5.76 Å². The van der Waals surface area contributed by atoms with Crippen molar-refractivity contribution >= 4 is 16.9 Å². The number of ether oxygens (including phenoxy) is 2. The Labute approximate surface area is 128 Å². The van der Waals surface area contributed by atoms with Gasteiger partial charge < -0.3 is 18.8 Å². The van der Waals surface area contributed by atoms with Crippen molar-refractivity contribution < 1.29 is 18.7 Å². The summed E-state index contributed by atoms with van der Waals surface area (Å²) in [6, 6.07) is 9.59. The van der Waals surface area contributed by atoms with Crippen LogP contribution in [0.2, 0.25) is 0 Å². The van der Waals surface area contributed by atoms with Crippen LogP contribution in [0.3, 0.4) is 0 Å². The van der Waals surface area contributed by atoms with E-state index in [2.05, 4.69) is 0 Å². The molecule has 4 rings (SSSR count). The third-order valence-corrected chi connectivity index (χ3v) is 4.72. The fourth-order valence-electron chi connectivity index (χ4n) is 3.62. The second kappa shape index (κ2) is 5.41. The number of amides is 1. The second-order valence-electron chi connectivity index (χ2n) is 5.90. The van der Waals surface area contributed by atoms with Gasteiger partial charge in [-0.05, 0) is 25.0 Å². The number of para-hydroxylation sites is 1. The number of piperidine rings is 1. The van der Waals surface area contributed by atoms with E-state index in [9.17, 15) is 4.79 Å². The van der Waals surface area contributed by atoms with Gasteiger partial charge >= 0.3 is 0 Å². The van der Waals surface area contributed by atoms with Crippen LogP contribution in [0.4, 0.5) is 0 Å². The molecule has 3 atom stereocenters. The first kappa shape index (κ1) is 13.8. The molecule has 3 heterocycles. The molecule has 1 aromatic carbocycles. The second-order valence-corrected chi connectivity index (χ2v) is 5.90. The quantitative estimate of drug-likeness (QED) is 0.855. The molecule has 2 aromatic rings. The van der Waals surface area contributed by atoms with Crippen molar-refractivity contribution in [3.63, 3.8) is 0 Å². The molecule has 0 radical (unpaired) electrons. The summed E-state index contributed by atoms with van der Waals surface area (Å²) in [5, 5.41) is 0.955. The van der Waals surface area contributed by atoms with Crippen molar-refractivity contribution in [2.45, 2.75) is 31.1 Å². The summed E-state index contributed by atoms with van der Waals surface area (Å²) in [5.41, 5.74) is 0.747. The first-order valence-electron chi connectivity index (χ1n) is 7.72. The lowest BCUT2D eigenvalue weighted by Crippen LogP contribution is -2.55. The van der Waals surface area contributed by atoms with Crippen LogP contribution in [-0.4, -0.2) is 49.3 Å². The molecule has 0 bridgehead atoms. The molecule has 2 fully saturated rings. The molecular weight excluding hydrogens is 282 g/mol. The van der Waals surface area contributed by atoms with E-state index in [1.54, 1.807) is 7.11 Å². The topological polar surface area (TPSA) is 51.9 Å². The fraction of sp³-hybridized carbons (Fsp3) is 0.471. The third-order valence-electron chi connectivity index (χ3n) is 4.72. The van der Waals surface area contributed by atoms with E-state index in [0.29, 0.717) is 18.9 Å². The Morgan fingerprint density at radius 2 is 2.18 bits per heavy atom. The molecule has 116 valence electrons. The first-order chi connectivity index (χ1) is 10.8. The number of carbonyl (C=O) groups is 1. The van der Waals surface area contributed by atoms with E-state index in [1.165, 1.54) is 0 Å². The maximum atomic E-state index is 12.8. The molecule has 5 heteroatoms. The number of fused-ring (bicyclic) bond motifs is 2. The van der Waals surface area contributed by atoms with Crippen molar-refractivity contribution in [2.24, 2.45) is 0 Å². The molecule has 22 heavy (non-hydrogen) atoms. The molecule has 0 unspecified atom stereocenters. The van der Waals surface area contributed by atoms with Crippen LogP contribution >= 0.6 is 0 Å². The highest BCUT2D eigenvalue weighted by Gasteiger charge is 2.44. The van der Waals surface area contributed by atoms with Crippen LogP contribution in [0.15, 0.2) is 34.7 Å². The largest absolute Gasteiger partial charge is 0.451 e. The zero-order valence-electron chi connectivity index (χ0n) is 12.5. The van der Waals surface area contributed by atoms with E-state index >= 15 is 0 Å². The fourth-order valence-corrected chi connectivity index (χ4v) is 3.62. The minimum absolute atomic E-state index is 0.0212. The lowest BCUT2D eigenvalue weighted by molar-refractivity contribution is -0.0757. The lowest BCUT2D eigenvalue weighted by Gasteiger charge is -2.40. The highest BCUT2D eigenvalue weighted by molar-refractivity contribution is 5.96. The predicted molar refractivity (Wildman–Crippen MR) is 80.8 cm³/mol. The van der Waals surface area contributed by atoms with Gasteiger partial charge in [0.1, 0.15) is 11.7 Å². The predicted octanol–water partition coefficient (Wildman–Crippen LogP) is 2.45. The maximum absolute atomic E-state index is 12.8. The maximum Gasteiger partial charge on any atom is 0.289 e. The number of hydrogen-bond donors (Lipinski definition) is 0. The molecule has 0 spiro atoms. The summed E-state index contributed by atoms with van der Waals surface area (Å²) in [7, 11) is 1.71. The average Bonchev–Trinajstić information content (AvgIpc) is 3.19. The molecule has 0 N–H and O–H groups in total. The normalized spacial score (nSPS) is 28.0. The first-order valence-corrected chi connectivity index (χ1v) is 7.72. The number of rotatable bonds is 2. The molecule has 0 saturated carbocycles. The summed E-state index contributed by atoms with van der Waals surface area (Å²) in [4.78, 5) is 14.7. The van der Waals surface area contributed by atoms with Crippen molar-refractivity contribution in [3.05, 3.63) is 36.1 Å². The van der Waals surface area contributed by atoms with Crippen molar-refractivity contribution in [2.75, 3.05) is 20.3 Å². The monoisotopic (exact) mass is 301 g/mol.